The summed E-state index contributed by atoms with van der Waals surface area (Å²) in [6.45, 7) is 9.23. The van der Waals surface area contributed by atoms with Gasteiger partial charge < -0.3 is 16.0 Å². The number of rotatable bonds is 4. The van der Waals surface area contributed by atoms with E-state index in [2.05, 4.69) is 17.1 Å². The van der Waals surface area contributed by atoms with Crippen molar-refractivity contribution in [3.8, 4) is 0 Å². The van der Waals surface area contributed by atoms with E-state index in [0.717, 1.165) is 38.3 Å². The smallest absolute Gasteiger partial charge is 0.126 e. The van der Waals surface area contributed by atoms with Crippen LogP contribution in [0.25, 0.3) is 0 Å². The third kappa shape index (κ3) is 3.75. The maximum Gasteiger partial charge on any atom is 0.126 e. The normalized spacial score (nSPS) is 20.2. The standard InChI is InChI=1S/C15H24FN3/c1-11-9-13(3-4-14(11)16)15(17)12(2)10-19-7-5-18-6-8-19/h3-4,9,12,15,18H,5-8,10,17H2,1-2H3. The van der Waals surface area contributed by atoms with E-state index in [1.54, 1.807) is 13.0 Å². The lowest BCUT2D eigenvalue weighted by atomic mass is 9.93. The molecule has 1 aliphatic rings. The maximum atomic E-state index is 13.3. The maximum absolute atomic E-state index is 13.3. The Labute approximate surface area is 115 Å². The van der Waals surface area contributed by atoms with Gasteiger partial charge in [-0.25, -0.2) is 4.39 Å². The number of piperazine rings is 1. The fraction of sp³-hybridized carbons (Fsp3) is 0.600. The highest BCUT2D eigenvalue weighted by Crippen LogP contribution is 2.22. The Morgan fingerprint density at radius 2 is 2.05 bits per heavy atom. The average Bonchev–Trinajstić information content (AvgIpc) is 2.42. The summed E-state index contributed by atoms with van der Waals surface area (Å²) >= 11 is 0. The van der Waals surface area contributed by atoms with E-state index in [9.17, 15) is 4.39 Å². The van der Waals surface area contributed by atoms with Crippen LogP contribution in [0.3, 0.4) is 0 Å². The molecule has 0 aliphatic carbocycles. The summed E-state index contributed by atoms with van der Waals surface area (Å²) in [5.41, 5.74) is 8.01. The molecule has 2 atom stereocenters. The zero-order valence-electron chi connectivity index (χ0n) is 11.8. The van der Waals surface area contributed by atoms with Crippen LogP contribution in [0.5, 0.6) is 0 Å². The zero-order valence-corrected chi connectivity index (χ0v) is 11.8. The van der Waals surface area contributed by atoms with E-state index in [1.807, 2.05) is 6.07 Å². The molecule has 106 valence electrons. The van der Waals surface area contributed by atoms with Crippen LogP contribution in [0.15, 0.2) is 18.2 Å². The molecule has 1 aromatic rings. The zero-order chi connectivity index (χ0) is 13.8. The fourth-order valence-corrected chi connectivity index (χ4v) is 2.62. The van der Waals surface area contributed by atoms with Gasteiger partial charge in [-0.05, 0) is 30.0 Å². The molecule has 0 radical (unpaired) electrons. The number of halogens is 1. The number of aryl methyl sites for hydroxylation is 1. The van der Waals surface area contributed by atoms with Crippen molar-refractivity contribution in [1.29, 1.82) is 0 Å². The van der Waals surface area contributed by atoms with Crippen molar-refractivity contribution in [2.45, 2.75) is 19.9 Å². The number of hydrogen-bond donors (Lipinski definition) is 2. The van der Waals surface area contributed by atoms with Gasteiger partial charge in [0.25, 0.3) is 0 Å². The van der Waals surface area contributed by atoms with E-state index < -0.39 is 0 Å². The van der Waals surface area contributed by atoms with Crippen LogP contribution in [0.1, 0.15) is 24.1 Å². The minimum absolute atomic E-state index is 0.0332. The summed E-state index contributed by atoms with van der Waals surface area (Å²) in [6, 6.07) is 5.16. The van der Waals surface area contributed by atoms with Crippen molar-refractivity contribution in [1.82, 2.24) is 10.2 Å². The molecule has 19 heavy (non-hydrogen) atoms. The Hall–Kier alpha value is -0.970. The van der Waals surface area contributed by atoms with Crippen LogP contribution in [0, 0.1) is 18.7 Å². The number of benzene rings is 1. The first-order chi connectivity index (χ1) is 9.08. The number of nitrogens with zero attached hydrogens (tertiary/aromatic N) is 1. The van der Waals surface area contributed by atoms with Gasteiger partial charge in [0.05, 0.1) is 0 Å². The van der Waals surface area contributed by atoms with Gasteiger partial charge in [-0.1, -0.05) is 19.1 Å². The highest BCUT2D eigenvalue weighted by atomic mass is 19.1. The minimum Gasteiger partial charge on any atom is -0.324 e. The van der Waals surface area contributed by atoms with E-state index >= 15 is 0 Å². The first-order valence-electron chi connectivity index (χ1n) is 7.02. The molecule has 2 unspecified atom stereocenters. The summed E-state index contributed by atoms with van der Waals surface area (Å²) in [6.07, 6.45) is 0. The Balaban J connectivity index is 1.97. The van der Waals surface area contributed by atoms with Crippen LogP contribution in [-0.2, 0) is 0 Å². The van der Waals surface area contributed by atoms with Gasteiger partial charge in [0.15, 0.2) is 0 Å². The summed E-state index contributed by atoms with van der Waals surface area (Å²) in [5.74, 6) is 0.202. The lowest BCUT2D eigenvalue weighted by Gasteiger charge is -2.32. The molecule has 3 nitrogen and oxygen atoms in total. The van der Waals surface area contributed by atoms with E-state index in [0.29, 0.717) is 11.5 Å². The fourth-order valence-electron chi connectivity index (χ4n) is 2.62. The molecule has 0 amide bonds. The second-order valence-corrected chi connectivity index (χ2v) is 5.56. The van der Waals surface area contributed by atoms with Crippen molar-refractivity contribution in [2.75, 3.05) is 32.7 Å². The second kappa shape index (κ2) is 6.46. The molecule has 0 saturated carbocycles. The van der Waals surface area contributed by atoms with Crippen LogP contribution in [0.4, 0.5) is 4.39 Å². The van der Waals surface area contributed by atoms with Gasteiger partial charge in [-0.2, -0.15) is 0 Å². The highest BCUT2D eigenvalue weighted by molar-refractivity contribution is 5.26. The third-order valence-corrected chi connectivity index (χ3v) is 3.94. The molecular weight excluding hydrogens is 241 g/mol. The second-order valence-electron chi connectivity index (χ2n) is 5.56. The lowest BCUT2D eigenvalue weighted by molar-refractivity contribution is 0.199. The Morgan fingerprint density at radius 3 is 2.68 bits per heavy atom. The van der Waals surface area contributed by atoms with Crippen molar-refractivity contribution < 1.29 is 4.39 Å². The Bertz CT molecular complexity index is 416. The summed E-state index contributed by atoms with van der Waals surface area (Å²) in [4.78, 5) is 2.44. The van der Waals surface area contributed by atoms with Gasteiger partial charge in [-0.15, -0.1) is 0 Å². The average molecular weight is 265 g/mol. The molecule has 1 heterocycles. The van der Waals surface area contributed by atoms with Gasteiger partial charge in [0.1, 0.15) is 5.82 Å². The van der Waals surface area contributed by atoms with Crippen molar-refractivity contribution in [3.05, 3.63) is 35.1 Å². The van der Waals surface area contributed by atoms with Crippen molar-refractivity contribution in [2.24, 2.45) is 11.7 Å². The van der Waals surface area contributed by atoms with Crippen LogP contribution < -0.4 is 11.1 Å². The Morgan fingerprint density at radius 1 is 1.37 bits per heavy atom. The van der Waals surface area contributed by atoms with E-state index in [1.165, 1.54) is 6.07 Å². The molecule has 4 heteroatoms. The predicted molar refractivity (Wildman–Crippen MR) is 76.5 cm³/mol. The van der Waals surface area contributed by atoms with E-state index in [-0.39, 0.29) is 11.9 Å². The quantitative estimate of drug-likeness (QED) is 0.870. The van der Waals surface area contributed by atoms with Gasteiger partial charge in [0.2, 0.25) is 0 Å². The molecule has 0 spiro atoms. The molecule has 2 rings (SSSR count). The topological polar surface area (TPSA) is 41.3 Å². The molecule has 1 aliphatic heterocycles. The summed E-state index contributed by atoms with van der Waals surface area (Å²) < 4.78 is 13.3. The first-order valence-corrected chi connectivity index (χ1v) is 7.02. The van der Waals surface area contributed by atoms with Crippen LogP contribution in [0.2, 0.25) is 0 Å². The molecule has 0 bridgehead atoms. The highest BCUT2D eigenvalue weighted by Gasteiger charge is 2.19. The van der Waals surface area contributed by atoms with Crippen molar-refractivity contribution in [3.63, 3.8) is 0 Å². The van der Waals surface area contributed by atoms with Gasteiger partial charge >= 0.3 is 0 Å². The SMILES string of the molecule is Cc1cc(C(N)C(C)CN2CCNCC2)ccc1F. The summed E-state index contributed by atoms with van der Waals surface area (Å²) in [7, 11) is 0. The molecular formula is C15H24FN3. The molecule has 1 fully saturated rings. The van der Waals surface area contributed by atoms with Crippen LogP contribution >= 0.6 is 0 Å². The van der Waals surface area contributed by atoms with Crippen LogP contribution in [-0.4, -0.2) is 37.6 Å². The molecule has 3 N–H and O–H groups in total. The molecule has 0 aromatic heterocycles. The van der Waals surface area contributed by atoms with Crippen molar-refractivity contribution >= 4 is 0 Å². The third-order valence-electron chi connectivity index (χ3n) is 3.94. The number of nitrogens with one attached hydrogen (secondary N) is 1. The largest absolute Gasteiger partial charge is 0.324 e. The van der Waals surface area contributed by atoms with Gasteiger partial charge in [0, 0.05) is 38.8 Å². The monoisotopic (exact) mass is 265 g/mol. The van der Waals surface area contributed by atoms with E-state index in [4.69, 9.17) is 5.73 Å². The lowest BCUT2D eigenvalue weighted by Crippen LogP contribution is -2.46. The summed E-state index contributed by atoms with van der Waals surface area (Å²) in [5, 5.41) is 3.35. The first kappa shape index (κ1) is 14.4. The number of nitrogens with two attached hydrogens (primary N) is 1. The number of hydrogen-bond acceptors (Lipinski definition) is 3. The molecule has 1 aromatic carbocycles. The molecule has 1 saturated heterocycles. The Kier molecular flexibility index (Phi) is 4.91. The van der Waals surface area contributed by atoms with Gasteiger partial charge in [-0.3, -0.25) is 0 Å². The predicted octanol–water partition coefficient (Wildman–Crippen LogP) is 1.68. The minimum atomic E-state index is -0.161.